The molecule has 4 heteroatoms. The zero-order valence-corrected chi connectivity index (χ0v) is 12.6. The topological polar surface area (TPSA) is 44.7 Å². The van der Waals surface area contributed by atoms with Crippen LogP contribution in [0.2, 0.25) is 0 Å². The van der Waals surface area contributed by atoms with Crippen molar-refractivity contribution in [3.8, 4) is 5.75 Å². The van der Waals surface area contributed by atoms with E-state index in [4.69, 9.17) is 9.84 Å². The highest BCUT2D eigenvalue weighted by molar-refractivity contribution is 5.27. The molecule has 0 bridgehead atoms. The van der Waals surface area contributed by atoms with Crippen molar-refractivity contribution in [2.45, 2.75) is 25.4 Å². The van der Waals surface area contributed by atoms with Crippen molar-refractivity contribution < 1.29 is 9.84 Å². The maximum atomic E-state index is 8.98. The molecular weight excluding hydrogens is 264 g/mol. The molecule has 0 atom stereocenters. The molecule has 0 aromatic heterocycles. The van der Waals surface area contributed by atoms with Crippen molar-refractivity contribution >= 4 is 0 Å². The fourth-order valence-corrected chi connectivity index (χ4v) is 2.16. The van der Waals surface area contributed by atoms with E-state index in [0.717, 1.165) is 31.4 Å². The van der Waals surface area contributed by atoms with Crippen molar-refractivity contribution in [2.24, 2.45) is 0 Å². The van der Waals surface area contributed by atoms with Crippen LogP contribution in [0.25, 0.3) is 0 Å². The second kappa shape index (κ2) is 8.82. The molecule has 1 saturated carbocycles. The summed E-state index contributed by atoms with van der Waals surface area (Å²) in [6.45, 7) is 7.66. The van der Waals surface area contributed by atoms with E-state index in [0.29, 0.717) is 13.2 Å². The Labute approximate surface area is 127 Å². The first-order valence-corrected chi connectivity index (χ1v) is 7.71. The molecule has 1 fully saturated rings. The minimum Gasteiger partial charge on any atom is -0.492 e. The quantitative estimate of drug-likeness (QED) is 0.610. The van der Waals surface area contributed by atoms with Crippen LogP contribution in [0.4, 0.5) is 0 Å². The standard InChI is InChI=1S/C17H26N2O2/c1-2-9-19(10-12-20)11-13-21-17-7-3-15(4-8-17)14-18-16-5-6-16/h2-4,7-8,16,18,20H,1,5-6,9-14H2. The van der Waals surface area contributed by atoms with Gasteiger partial charge in [0.15, 0.2) is 0 Å². The molecule has 2 rings (SSSR count). The van der Waals surface area contributed by atoms with Crippen LogP contribution in [0, 0.1) is 0 Å². The van der Waals surface area contributed by atoms with Gasteiger partial charge in [0.05, 0.1) is 6.61 Å². The molecule has 0 unspecified atom stereocenters. The van der Waals surface area contributed by atoms with Gasteiger partial charge in [-0.25, -0.2) is 0 Å². The zero-order chi connectivity index (χ0) is 14.9. The van der Waals surface area contributed by atoms with Crippen LogP contribution in [0.15, 0.2) is 36.9 Å². The van der Waals surface area contributed by atoms with E-state index in [9.17, 15) is 0 Å². The van der Waals surface area contributed by atoms with Gasteiger partial charge in [0.1, 0.15) is 12.4 Å². The van der Waals surface area contributed by atoms with E-state index in [-0.39, 0.29) is 6.61 Å². The SMILES string of the molecule is C=CCN(CCO)CCOc1ccc(CNC2CC2)cc1. The Morgan fingerprint density at radius 3 is 2.67 bits per heavy atom. The van der Waals surface area contributed by atoms with Gasteiger partial charge in [0.25, 0.3) is 0 Å². The maximum Gasteiger partial charge on any atom is 0.119 e. The van der Waals surface area contributed by atoms with E-state index in [1.807, 2.05) is 18.2 Å². The normalized spacial score (nSPS) is 14.4. The molecule has 1 aromatic rings. The van der Waals surface area contributed by atoms with Gasteiger partial charge in [-0.1, -0.05) is 18.2 Å². The number of hydrogen-bond acceptors (Lipinski definition) is 4. The average molecular weight is 290 g/mol. The highest BCUT2D eigenvalue weighted by Crippen LogP contribution is 2.19. The monoisotopic (exact) mass is 290 g/mol. The molecule has 0 saturated heterocycles. The summed E-state index contributed by atoms with van der Waals surface area (Å²) in [4.78, 5) is 2.11. The molecule has 116 valence electrons. The summed E-state index contributed by atoms with van der Waals surface area (Å²) >= 11 is 0. The summed E-state index contributed by atoms with van der Waals surface area (Å²) in [7, 11) is 0. The van der Waals surface area contributed by atoms with Crippen molar-refractivity contribution in [3.63, 3.8) is 0 Å². The molecule has 0 amide bonds. The molecule has 0 radical (unpaired) electrons. The number of aliphatic hydroxyl groups is 1. The number of benzene rings is 1. The highest BCUT2D eigenvalue weighted by atomic mass is 16.5. The molecule has 21 heavy (non-hydrogen) atoms. The van der Waals surface area contributed by atoms with E-state index < -0.39 is 0 Å². The zero-order valence-electron chi connectivity index (χ0n) is 12.6. The lowest BCUT2D eigenvalue weighted by Crippen LogP contribution is -2.31. The molecule has 1 aliphatic rings. The first-order chi connectivity index (χ1) is 10.3. The Morgan fingerprint density at radius 2 is 2.05 bits per heavy atom. The van der Waals surface area contributed by atoms with Gasteiger partial charge in [-0.2, -0.15) is 0 Å². The van der Waals surface area contributed by atoms with Crippen LogP contribution in [-0.4, -0.2) is 48.9 Å². The third kappa shape index (κ3) is 6.29. The summed E-state index contributed by atoms with van der Waals surface area (Å²) in [5.41, 5.74) is 1.29. The number of aliphatic hydroxyl groups excluding tert-OH is 1. The summed E-state index contributed by atoms with van der Waals surface area (Å²) in [6, 6.07) is 9.00. The summed E-state index contributed by atoms with van der Waals surface area (Å²) in [5.74, 6) is 0.896. The number of nitrogens with one attached hydrogen (secondary N) is 1. The highest BCUT2D eigenvalue weighted by Gasteiger charge is 2.19. The summed E-state index contributed by atoms with van der Waals surface area (Å²) in [5, 5.41) is 12.5. The van der Waals surface area contributed by atoms with Crippen molar-refractivity contribution in [1.82, 2.24) is 10.2 Å². The van der Waals surface area contributed by atoms with Crippen molar-refractivity contribution in [1.29, 1.82) is 0 Å². The second-order valence-electron chi connectivity index (χ2n) is 5.46. The Balaban J connectivity index is 1.68. The Kier molecular flexibility index (Phi) is 6.73. The van der Waals surface area contributed by atoms with Crippen molar-refractivity contribution in [3.05, 3.63) is 42.5 Å². The van der Waals surface area contributed by atoms with Crippen LogP contribution in [0.3, 0.4) is 0 Å². The van der Waals surface area contributed by atoms with Crippen LogP contribution in [0.5, 0.6) is 5.75 Å². The van der Waals surface area contributed by atoms with Gasteiger partial charge in [0.2, 0.25) is 0 Å². The third-order valence-corrected chi connectivity index (χ3v) is 3.58. The number of nitrogens with zero attached hydrogens (tertiary/aromatic N) is 1. The number of hydrogen-bond donors (Lipinski definition) is 2. The Bertz CT molecular complexity index is 415. The Hall–Kier alpha value is -1.36. The maximum absolute atomic E-state index is 8.98. The van der Waals surface area contributed by atoms with Gasteiger partial charge in [0, 0.05) is 32.2 Å². The van der Waals surface area contributed by atoms with Gasteiger partial charge < -0.3 is 15.2 Å². The first kappa shape index (κ1) is 16.0. The average Bonchev–Trinajstić information content (AvgIpc) is 3.31. The van der Waals surface area contributed by atoms with Gasteiger partial charge in [-0.05, 0) is 30.5 Å². The van der Waals surface area contributed by atoms with E-state index in [1.165, 1.54) is 18.4 Å². The van der Waals surface area contributed by atoms with Gasteiger partial charge in [-0.15, -0.1) is 6.58 Å². The smallest absolute Gasteiger partial charge is 0.119 e. The molecule has 4 nitrogen and oxygen atoms in total. The number of ether oxygens (including phenoxy) is 1. The molecule has 1 aromatic carbocycles. The fraction of sp³-hybridized carbons (Fsp3) is 0.529. The van der Waals surface area contributed by atoms with Crippen LogP contribution in [-0.2, 0) is 6.54 Å². The van der Waals surface area contributed by atoms with Crippen LogP contribution >= 0.6 is 0 Å². The third-order valence-electron chi connectivity index (χ3n) is 3.58. The molecule has 0 heterocycles. The molecule has 1 aliphatic carbocycles. The van der Waals surface area contributed by atoms with Gasteiger partial charge in [-0.3, -0.25) is 4.90 Å². The van der Waals surface area contributed by atoms with Crippen LogP contribution < -0.4 is 10.1 Å². The molecule has 2 N–H and O–H groups in total. The van der Waals surface area contributed by atoms with Crippen molar-refractivity contribution in [2.75, 3.05) is 32.8 Å². The summed E-state index contributed by atoms with van der Waals surface area (Å²) < 4.78 is 5.74. The molecule has 0 aliphatic heterocycles. The second-order valence-corrected chi connectivity index (χ2v) is 5.46. The number of rotatable bonds is 11. The lowest BCUT2D eigenvalue weighted by atomic mass is 10.2. The van der Waals surface area contributed by atoms with Gasteiger partial charge >= 0.3 is 0 Å². The lowest BCUT2D eigenvalue weighted by molar-refractivity contribution is 0.180. The Morgan fingerprint density at radius 1 is 1.29 bits per heavy atom. The van der Waals surface area contributed by atoms with E-state index >= 15 is 0 Å². The predicted octanol–water partition coefficient (Wildman–Crippen LogP) is 1.80. The minimum absolute atomic E-state index is 0.163. The minimum atomic E-state index is 0.163. The van der Waals surface area contributed by atoms with E-state index in [2.05, 4.69) is 28.9 Å². The van der Waals surface area contributed by atoms with Crippen LogP contribution in [0.1, 0.15) is 18.4 Å². The lowest BCUT2D eigenvalue weighted by Gasteiger charge is -2.19. The first-order valence-electron chi connectivity index (χ1n) is 7.71. The molecule has 0 spiro atoms. The van der Waals surface area contributed by atoms with E-state index in [1.54, 1.807) is 0 Å². The summed E-state index contributed by atoms with van der Waals surface area (Å²) in [6.07, 6.45) is 4.48. The molecular formula is C17H26N2O2. The fourth-order valence-electron chi connectivity index (χ4n) is 2.16. The predicted molar refractivity (Wildman–Crippen MR) is 85.5 cm³/mol. The largest absolute Gasteiger partial charge is 0.492 e.